The molecule has 0 rings (SSSR count). The first-order chi connectivity index (χ1) is 3.77. The highest BCUT2D eigenvalue weighted by molar-refractivity contribution is 4.82. The minimum absolute atomic E-state index is 0.336. The van der Waals surface area contributed by atoms with Crippen molar-refractivity contribution in [1.29, 1.82) is 0 Å². The van der Waals surface area contributed by atoms with Crippen LogP contribution in [0, 0.1) is 25.2 Å². The monoisotopic (exact) mass is 111 g/mol. The first-order valence-corrected chi connectivity index (χ1v) is 2.61. The van der Waals surface area contributed by atoms with E-state index in [0.29, 0.717) is 19.1 Å². The van der Waals surface area contributed by atoms with E-state index in [4.69, 9.17) is 11.2 Å². The Balaban J connectivity index is 2.85. The summed E-state index contributed by atoms with van der Waals surface area (Å²) in [5, 5.41) is 0. The molecule has 1 radical (unpaired) electrons. The van der Waals surface area contributed by atoms with Crippen molar-refractivity contribution in [2.24, 2.45) is 5.92 Å². The predicted molar refractivity (Wildman–Crippen MR) is 34.2 cm³/mol. The zero-order valence-electron chi connectivity index (χ0n) is 5.18. The quantitative estimate of drug-likeness (QED) is 0.391. The van der Waals surface area contributed by atoms with Crippen LogP contribution in [0.3, 0.4) is 0 Å². The number of rotatable bonds is 3. The summed E-state index contributed by atoms with van der Waals surface area (Å²) in [6.45, 7) is 6.76. The van der Waals surface area contributed by atoms with Gasteiger partial charge in [0.05, 0.1) is 6.61 Å². The van der Waals surface area contributed by atoms with Gasteiger partial charge in [0.15, 0.2) is 0 Å². The molecule has 0 aromatic carbocycles. The Morgan fingerprint density at radius 3 is 2.88 bits per heavy atom. The number of ether oxygens (including phenoxy) is 1. The first-order valence-electron chi connectivity index (χ1n) is 2.61. The van der Waals surface area contributed by atoms with Crippen molar-refractivity contribution >= 4 is 0 Å². The van der Waals surface area contributed by atoms with E-state index in [1.54, 1.807) is 0 Å². The maximum Gasteiger partial charge on any atom is 0.107 e. The second-order valence-corrected chi connectivity index (χ2v) is 1.82. The second kappa shape index (κ2) is 4.67. The van der Waals surface area contributed by atoms with E-state index in [2.05, 4.69) is 12.8 Å². The van der Waals surface area contributed by atoms with Crippen LogP contribution in [0.15, 0.2) is 0 Å². The van der Waals surface area contributed by atoms with E-state index in [1.807, 2.05) is 6.92 Å². The maximum absolute atomic E-state index is 4.95. The second-order valence-electron chi connectivity index (χ2n) is 1.82. The van der Waals surface area contributed by atoms with Gasteiger partial charge in [-0.3, -0.25) is 0 Å². The van der Waals surface area contributed by atoms with Crippen LogP contribution in [-0.4, -0.2) is 13.2 Å². The van der Waals surface area contributed by atoms with E-state index in [-0.39, 0.29) is 0 Å². The molecule has 0 saturated carbocycles. The van der Waals surface area contributed by atoms with Crippen LogP contribution in [0.2, 0.25) is 0 Å². The van der Waals surface area contributed by atoms with Gasteiger partial charge in [0.1, 0.15) is 6.61 Å². The van der Waals surface area contributed by atoms with Crippen LogP contribution < -0.4 is 0 Å². The molecule has 0 aromatic heterocycles. The predicted octanol–water partition coefficient (Wildman–Crippen LogP) is 1.11. The summed E-state index contributed by atoms with van der Waals surface area (Å²) in [4.78, 5) is 0. The lowest BCUT2D eigenvalue weighted by atomic mass is 10.2. The molecular formula is C7H11O. The molecule has 0 aliphatic carbocycles. The number of hydrogen-bond acceptors (Lipinski definition) is 1. The zero-order chi connectivity index (χ0) is 6.41. The van der Waals surface area contributed by atoms with E-state index in [1.165, 1.54) is 0 Å². The fourth-order valence-corrected chi connectivity index (χ4v) is 0.319. The minimum Gasteiger partial charge on any atom is -0.369 e. The van der Waals surface area contributed by atoms with Crippen molar-refractivity contribution in [3.63, 3.8) is 0 Å². The summed E-state index contributed by atoms with van der Waals surface area (Å²) in [6.07, 6.45) is 4.92. The summed E-state index contributed by atoms with van der Waals surface area (Å²) in [7, 11) is 0. The largest absolute Gasteiger partial charge is 0.369 e. The smallest absolute Gasteiger partial charge is 0.107 e. The molecule has 1 atom stereocenters. The molecule has 0 aromatic rings. The molecule has 0 saturated heterocycles. The van der Waals surface area contributed by atoms with Crippen molar-refractivity contribution in [3.05, 3.63) is 6.92 Å². The average molecular weight is 111 g/mol. The lowest BCUT2D eigenvalue weighted by molar-refractivity contribution is 0.146. The molecule has 0 aliphatic heterocycles. The van der Waals surface area contributed by atoms with Gasteiger partial charge in [-0.2, -0.15) is 0 Å². The lowest BCUT2D eigenvalue weighted by Crippen LogP contribution is -2.01. The Kier molecular flexibility index (Phi) is 4.39. The molecule has 1 heteroatoms. The third-order valence-electron chi connectivity index (χ3n) is 0.588. The molecule has 8 heavy (non-hydrogen) atoms. The summed E-state index contributed by atoms with van der Waals surface area (Å²) in [5.41, 5.74) is 0. The maximum atomic E-state index is 4.95. The lowest BCUT2D eigenvalue weighted by Gasteiger charge is -2.00. The van der Waals surface area contributed by atoms with E-state index in [0.717, 1.165) is 0 Å². The molecule has 45 valence electrons. The molecule has 0 bridgehead atoms. The minimum atomic E-state index is 0.336. The van der Waals surface area contributed by atoms with Gasteiger partial charge >= 0.3 is 0 Å². The summed E-state index contributed by atoms with van der Waals surface area (Å²) < 4.78 is 4.95. The highest BCUT2D eigenvalue weighted by atomic mass is 16.5. The summed E-state index contributed by atoms with van der Waals surface area (Å²) in [6, 6.07) is 0. The van der Waals surface area contributed by atoms with Crippen LogP contribution in [0.4, 0.5) is 0 Å². The molecule has 0 heterocycles. The van der Waals surface area contributed by atoms with Crippen LogP contribution in [0.1, 0.15) is 6.92 Å². The molecule has 0 amide bonds. The van der Waals surface area contributed by atoms with Gasteiger partial charge in [0, 0.05) is 0 Å². The molecule has 1 unspecified atom stereocenters. The van der Waals surface area contributed by atoms with Crippen molar-refractivity contribution in [2.45, 2.75) is 6.92 Å². The molecule has 0 aliphatic rings. The Morgan fingerprint density at radius 2 is 2.50 bits per heavy atom. The fourth-order valence-electron chi connectivity index (χ4n) is 0.319. The van der Waals surface area contributed by atoms with Crippen molar-refractivity contribution in [3.8, 4) is 12.3 Å². The topological polar surface area (TPSA) is 9.23 Å². The van der Waals surface area contributed by atoms with Gasteiger partial charge in [0.25, 0.3) is 0 Å². The molecule has 0 spiro atoms. The summed E-state index contributed by atoms with van der Waals surface area (Å²) >= 11 is 0. The molecular weight excluding hydrogens is 100 g/mol. The van der Waals surface area contributed by atoms with Gasteiger partial charge in [-0.1, -0.05) is 12.8 Å². The Hall–Kier alpha value is -0.480. The van der Waals surface area contributed by atoms with Crippen molar-refractivity contribution in [2.75, 3.05) is 13.2 Å². The van der Waals surface area contributed by atoms with Crippen molar-refractivity contribution in [1.82, 2.24) is 0 Å². The van der Waals surface area contributed by atoms with E-state index >= 15 is 0 Å². The first kappa shape index (κ1) is 7.52. The van der Waals surface area contributed by atoms with Gasteiger partial charge in [-0.15, -0.1) is 6.42 Å². The Bertz CT molecular complexity index is 78.9. The Labute approximate surface area is 51.0 Å². The van der Waals surface area contributed by atoms with Crippen molar-refractivity contribution < 1.29 is 4.74 Å². The van der Waals surface area contributed by atoms with E-state index < -0.39 is 0 Å². The summed E-state index contributed by atoms with van der Waals surface area (Å²) in [5.74, 6) is 2.71. The third-order valence-corrected chi connectivity index (χ3v) is 0.588. The van der Waals surface area contributed by atoms with Crippen LogP contribution in [0.5, 0.6) is 0 Å². The van der Waals surface area contributed by atoms with E-state index in [9.17, 15) is 0 Å². The highest BCUT2D eigenvalue weighted by Gasteiger charge is 1.89. The van der Waals surface area contributed by atoms with Gasteiger partial charge in [-0.05, 0) is 12.8 Å². The van der Waals surface area contributed by atoms with Gasteiger partial charge in [-0.25, -0.2) is 0 Å². The number of hydrogen-bond donors (Lipinski definition) is 0. The normalized spacial score (nSPS) is 9.25. The molecule has 0 fully saturated rings. The number of terminal acetylenes is 1. The molecule has 0 N–H and O–H groups in total. The van der Waals surface area contributed by atoms with Crippen LogP contribution in [-0.2, 0) is 4.74 Å². The fraction of sp³-hybridized carbons (Fsp3) is 0.571. The highest BCUT2D eigenvalue weighted by Crippen LogP contribution is 1.89. The third kappa shape index (κ3) is 5.52. The standard InChI is InChI=1S/C7H11O/c1-4-5-8-6-7(2)3/h1,7H,2,5-6H2,3H3. The SMILES string of the molecule is C#CCOCC([CH2])C. The van der Waals surface area contributed by atoms with Crippen LogP contribution >= 0.6 is 0 Å². The van der Waals surface area contributed by atoms with Gasteiger partial charge in [0.2, 0.25) is 0 Å². The molecule has 1 nitrogen and oxygen atoms in total. The average Bonchev–Trinajstić information content (AvgIpc) is 1.66. The van der Waals surface area contributed by atoms with Gasteiger partial charge < -0.3 is 4.74 Å². The zero-order valence-corrected chi connectivity index (χ0v) is 5.18. The Morgan fingerprint density at radius 1 is 1.88 bits per heavy atom. The van der Waals surface area contributed by atoms with Crippen LogP contribution in [0.25, 0.3) is 0 Å².